The van der Waals surface area contributed by atoms with Gasteiger partial charge in [0.15, 0.2) is 0 Å². The molecule has 1 aromatic carbocycles. The van der Waals surface area contributed by atoms with Crippen LogP contribution in [0, 0.1) is 0 Å². The molecule has 0 saturated carbocycles. The van der Waals surface area contributed by atoms with Crippen LogP contribution in [0.3, 0.4) is 0 Å². The van der Waals surface area contributed by atoms with Crippen LogP contribution in [0.4, 0.5) is 0 Å². The van der Waals surface area contributed by atoms with Crippen LogP contribution in [-0.4, -0.2) is 4.98 Å². The van der Waals surface area contributed by atoms with Crippen molar-refractivity contribution in [3.63, 3.8) is 0 Å². The second-order valence-electron chi connectivity index (χ2n) is 5.35. The van der Waals surface area contributed by atoms with Crippen LogP contribution in [-0.2, 0) is 12.8 Å². The normalized spacial score (nSPS) is 13.3. The zero-order chi connectivity index (χ0) is 13.2. The molecule has 96 valence electrons. The third-order valence-corrected chi connectivity index (χ3v) is 3.67. The molecule has 1 nitrogen and oxygen atoms in total. The largest absolute Gasteiger partial charge is 0.256 e. The van der Waals surface area contributed by atoms with E-state index in [2.05, 4.69) is 49.2 Å². The number of allylic oxidation sites excluding steroid dienone is 1. The minimum Gasteiger partial charge on any atom is -0.256 e. The van der Waals surface area contributed by atoms with Crippen molar-refractivity contribution < 1.29 is 0 Å². The Morgan fingerprint density at radius 1 is 1.21 bits per heavy atom. The maximum absolute atomic E-state index is 4.52. The molecule has 1 heterocycles. The van der Waals surface area contributed by atoms with Crippen molar-refractivity contribution in [2.24, 2.45) is 0 Å². The van der Waals surface area contributed by atoms with Crippen molar-refractivity contribution in [2.75, 3.05) is 0 Å². The zero-order valence-electron chi connectivity index (χ0n) is 11.6. The van der Waals surface area contributed by atoms with Gasteiger partial charge in [-0.1, -0.05) is 37.1 Å². The standard InChI is InChI=1S/C18H19N/c1-3-6-14-11-15-9-13(2)10-16(15)17(12-14)18-7-4-5-8-19-18/h4-5,7-8,10-12H,3,6,9H2,1-2H3. The van der Waals surface area contributed by atoms with E-state index in [1.807, 2.05) is 12.3 Å². The monoisotopic (exact) mass is 249 g/mol. The molecule has 0 fully saturated rings. The highest BCUT2D eigenvalue weighted by atomic mass is 14.7. The molecule has 0 atom stereocenters. The smallest absolute Gasteiger partial charge is 0.0708 e. The van der Waals surface area contributed by atoms with Crippen LogP contribution >= 0.6 is 0 Å². The summed E-state index contributed by atoms with van der Waals surface area (Å²) in [6.45, 7) is 4.44. The summed E-state index contributed by atoms with van der Waals surface area (Å²) in [7, 11) is 0. The van der Waals surface area contributed by atoms with E-state index in [1.54, 1.807) is 0 Å². The lowest BCUT2D eigenvalue weighted by atomic mass is 9.95. The van der Waals surface area contributed by atoms with Gasteiger partial charge < -0.3 is 0 Å². The molecular weight excluding hydrogens is 230 g/mol. The number of fused-ring (bicyclic) bond motifs is 1. The highest BCUT2D eigenvalue weighted by molar-refractivity contribution is 5.79. The third-order valence-electron chi connectivity index (χ3n) is 3.67. The minimum absolute atomic E-state index is 1.09. The number of hydrogen-bond acceptors (Lipinski definition) is 1. The average Bonchev–Trinajstić information content (AvgIpc) is 2.79. The van der Waals surface area contributed by atoms with E-state index in [-0.39, 0.29) is 0 Å². The molecule has 1 aliphatic rings. The summed E-state index contributed by atoms with van der Waals surface area (Å²) in [5, 5.41) is 0. The van der Waals surface area contributed by atoms with Gasteiger partial charge in [0.1, 0.15) is 0 Å². The fourth-order valence-electron chi connectivity index (χ4n) is 2.86. The lowest BCUT2D eigenvalue weighted by Crippen LogP contribution is -1.94. The van der Waals surface area contributed by atoms with Crippen molar-refractivity contribution in [3.8, 4) is 11.3 Å². The quantitative estimate of drug-likeness (QED) is 0.771. The van der Waals surface area contributed by atoms with Gasteiger partial charge in [-0.25, -0.2) is 0 Å². The number of pyridine rings is 1. The first-order valence-corrected chi connectivity index (χ1v) is 7.02. The highest BCUT2D eigenvalue weighted by Gasteiger charge is 2.16. The van der Waals surface area contributed by atoms with Crippen LogP contribution < -0.4 is 0 Å². The van der Waals surface area contributed by atoms with E-state index in [0.29, 0.717) is 0 Å². The summed E-state index contributed by atoms with van der Waals surface area (Å²) in [4.78, 5) is 4.52. The van der Waals surface area contributed by atoms with Gasteiger partial charge in [0.2, 0.25) is 0 Å². The van der Waals surface area contributed by atoms with Crippen molar-refractivity contribution >= 4 is 6.08 Å². The van der Waals surface area contributed by atoms with Crippen LogP contribution in [0.5, 0.6) is 0 Å². The van der Waals surface area contributed by atoms with Gasteiger partial charge in [-0.3, -0.25) is 4.98 Å². The Kier molecular flexibility index (Phi) is 3.20. The Labute approximate surface area is 115 Å². The molecule has 2 aromatic rings. The van der Waals surface area contributed by atoms with Crippen molar-refractivity contribution in [1.82, 2.24) is 4.98 Å². The summed E-state index contributed by atoms with van der Waals surface area (Å²) in [5.74, 6) is 0. The maximum atomic E-state index is 4.52. The molecule has 0 saturated heterocycles. The first kappa shape index (κ1) is 12.2. The molecular formula is C18H19N. The SMILES string of the molecule is CCCc1cc2c(c(-c3ccccn3)c1)C=C(C)C2. The number of aryl methyl sites for hydroxylation is 1. The van der Waals surface area contributed by atoms with Crippen LogP contribution in [0.25, 0.3) is 17.3 Å². The molecule has 0 aliphatic heterocycles. The Hall–Kier alpha value is -1.89. The topological polar surface area (TPSA) is 12.9 Å². The van der Waals surface area contributed by atoms with Gasteiger partial charge in [-0.2, -0.15) is 0 Å². The summed E-state index contributed by atoms with van der Waals surface area (Å²) >= 11 is 0. The molecule has 0 N–H and O–H groups in total. The number of aromatic nitrogens is 1. The van der Waals surface area contributed by atoms with Gasteiger partial charge in [0.25, 0.3) is 0 Å². The lowest BCUT2D eigenvalue weighted by Gasteiger charge is -2.11. The van der Waals surface area contributed by atoms with E-state index in [4.69, 9.17) is 0 Å². The Bertz CT molecular complexity index is 624. The third kappa shape index (κ3) is 2.33. The van der Waals surface area contributed by atoms with Crippen LogP contribution in [0.1, 0.15) is 37.0 Å². The molecule has 1 aromatic heterocycles. The van der Waals surface area contributed by atoms with Gasteiger partial charge in [-0.05, 0) is 54.7 Å². The Morgan fingerprint density at radius 3 is 2.84 bits per heavy atom. The van der Waals surface area contributed by atoms with E-state index < -0.39 is 0 Å². The average molecular weight is 249 g/mol. The molecule has 3 rings (SSSR count). The van der Waals surface area contributed by atoms with Gasteiger partial charge in [0.05, 0.1) is 5.69 Å². The summed E-state index contributed by atoms with van der Waals surface area (Å²) in [6, 6.07) is 10.8. The van der Waals surface area contributed by atoms with Crippen molar-refractivity contribution in [1.29, 1.82) is 0 Å². The fraction of sp³-hybridized carbons (Fsp3) is 0.278. The first-order valence-electron chi connectivity index (χ1n) is 7.02. The Morgan fingerprint density at radius 2 is 2.11 bits per heavy atom. The zero-order valence-corrected chi connectivity index (χ0v) is 11.6. The van der Waals surface area contributed by atoms with E-state index >= 15 is 0 Å². The highest BCUT2D eigenvalue weighted by Crippen LogP contribution is 2.34. The number of rotatable bonds is 3. The molecule has 19 heavy (non-hydrogen) atoms. The van der Waals surface area contributed by atoms with Gasteiger partial charge in [-0.15, -0.1) is 0 Å². The van der Waals surface area contributed by atoms with Gasteiger partial charge >= 0.3 is 0 Å². The fourth-order valence-corrected chi connectivity index (χ4v) is 2.86. The van der Waals surface area contributed by atoms with Gasteiger partial charge in [0, 0.05) is 11.8 Å². The van der Waals surface area contributed by atoms with Crippen LogP contribution in [0.15, 0.2) is 42.1 Å². The maximum Gasteiger partial charge on any atom is 0.0708 e. The summed E-state index contributed by atoms with van der Waals surface area (Å²) in [5.41, 5.74) is 8.09. The molecule has 0 bridgehead atoms. The van der Waals surface area contributed by atoms with E-state index in [9.17, 15) is 0 Å². The molecule has 1 aliphatic carbocycles. The number of nitrogens with zero attached hydrogens (tertiary/aromatic N) is 1. The van der Waals surface area contributed by atoms with Crippen LogP contribution in [0.2, 0.25) is 0 Å². The van der Waals surface area contributed by atoms with E-state index in [0.717, 1.165) is 18.5 Å². The predicted octanol–water partition coefficient (Wildman–Crippen LogP) is 4.66. The number of hydrogen-bond donors (Lipinski definition) is 0. The summed E-state index contributed by atoms with van der Waals surface area (Å²) in [6.07, 6.45) is 7.61. The Balaban J connectivity index is 2.16. The minimum atomic E-state index is 1.09. The number of benzene rings is 1. The lowest BCUT2D eigenvalue weighted by molar-refractivity contribution is 0.919. The molecule has 0 spiro atoms. The molecule has 1 heteroatoms. The summed E-state index contributed by atoms with van der Waals surface area (Å²) < 4.78 is 0. The predicted molar refractivity (Wildman–Crippen MR) is 81.0 cm³/mol. The molecule has 0 unspecified atom stereocenters. The van der Waals surface area contributed by atoms with Crippen molar-refractivity contribution in [3.05, 3.63) is 58.8 Å². The van der Waals surface area contributed by atoms with E-state index in [1.165, 1.54) is 34.2 Å². The molecule has 0 amide bonds. The second-order valence-corrected chi connectivity index (χ2v) is 5.35. The first-order chi connectivity index (χ1) is 9.28. The second kappa shape index (κ2) is 5.00. The molecule has 0 radical (unpaired) electrons. The van der Waals surface area contributed by atoms with Crippen molar-refractivity contribution in [2.45, 2.75) is 33.1 Å².